The Labute approximate surface area is 335 Å². The number of aromatic nitrogens is 2. The summed E-state index contributed by atoms with van der Waals surface area (Å²) in [5, 5.41) is 14.9. The first kappa shape index (κ1) is 32.6. The monoisotopic (exact) mass is 734 g/mol. The number of rotatable bonds is 4. The number of benzene rings is 10. The maximum atomic E-state index is 5.25. The molecular weight excluding hydrogens is 701 g/mol. The van der Waals surface area contributed by atoms with E-state index in [1.54, 1.807) is 0 Å². The Morgan fingerprint density at radius 2 is 0.569 bits per heavy atom. The second-order valence-corrected chi connectivity index (χ2v) is 15.2. The first-order valence-electron chi connectivity index (χ1n) is 19.9. The van der Waals surface area contributed by atoms with Crippen molar-refractivity contribution in [1.29, 1.82) is 0 Å². The van der Waals surface area contributed by atoms with E-state index in [0.717, 1.165) is 44.3 Å². The lowest BCUT2D eigenvalue weighted by Crippen LogP contribution is -1.92. The van der Waals surface area contributed by atoms with Crippen molar-refractivity contribution >= 4 is 75.7 Å². The number of hydrogen-bond acceptors (Lipinski definition) is 2. The van der Waals surface area contributed by atoms with E-state index in [0.29, 0.717) is 0 Å². The SMILES string of the molecule is c1ccc(-c2ccc3ccc4ccc(-c5ccc(-c6c7ccccc7c(-c7ccc8c9ccccc9c9ccccc9c8c7)c7ccccc67)cc5)nc4c3n2)cc1. The molecule has 0 saturated heterocycles. The molecule has 2 aromatic heterocycles. The largest absolute Gasteiger partial charge is 0.245 e. The smallest absolute Gasteiger partial charge is 0.0972 e. The molecule has 0 atom stereocenters. The van der Waals surface area contributed by atoms with Crippen LogP contribution in [0.2, 0.25) is 0 Å². The van der Waals surface area contributed by atoms with Crippen molar-refractivity contribution in [2.75, 3.05) is 0 Å². The fourth-order valence-electron chi connectivity index (χ4n) is 9.32. The van der Waals surface area contributed by atoms with E-state index >= 15 is 0 Å². The molecular formula is C56H34N2. The topological polar surface area (TPSA) is 25.8 Å². The van der Waals surface area contributed by atoms with E-state index in [1.807, 2.05) is 6.07 Å². The minimum atomic E-state index is 0.916. The maximum absolute atomic E-state index is 5.25. The number of pyridine rings is 2. The Balaban J connectivity index is 1.01. The summed E-state index contributed by atoms with van der Waals surface area (Å²) >= 11 is 0. The van der Waals surface area contributed by atoms with Crippen molar-refractivity contribution in [3.05, 3.63) is 206 Å². The molecule has 0 aliphatic heterocycles. The van der Waals surface area contributed by atoms with Crippen LogP contribution < -0.4 is 0 Å². The van der Waals surface area contributed by atoms with Gasteiger partial charge in [-0.1, -0.05) is 188 Å². The van der Waals surface area contributed by atoms with Crippen molar-refractivity contribution in [3.63, 3.8) is 0 Å². The molecule has 2 heterocycles. The lowest BCUT2D eigenvalue weighted by Gasteiger charge is -2.19. The van der Waals surface area contributed by atoms with Gasteiger partial charge in [-0.15, -0.1) is 0 Å². The minimum Gasteiger partial charge on any atom is -0.245 e. The zero-order valence-corrected chi connectivity index (χ0v) is 31.5. The van der Waals surface area contributed by atoms with Gasteiger partial charge in [-0.25, -0.2) is 9.97 Å². The Hall–Kier alpha value is -7.68. The molecule has 0 saturated carbocycles. The van der Waals surface area contributed by atoms with Crippen LogP contribution in [0, 0.1) is 0 Å². The molecule has 0 amide bonds. The van der Waals surface area contributed by atoms with Crippen molar-refractivity contribution in [2.24, 2.45) is 0 Å². The molecule has 0 fully saturated rings. The van der Waals surface area contributed by atoms with E-state index in [2.05, 4.69) is 200 Å². The van der Waals surface area contributed by atoms with E-state index in [4.69, 9.17) is 9.97 Å². The van der Waals surface area contributed by atoms with Crippen LogP contribution >= 0.6 is 0 Å². The third kappa shape index (κ3) is 5.05. The van der Waals surface area contributed by atoms with Crippen molar-refractivity contribution in [2.45, 2.75) is 0 Å². The van der Waals surface area contributed by atoms with Crippen LogP contribution in [0.3, 0.4) is 0 Å². The van der Waals surface area contributed by atoms with Crippen LogP contribution in [-0.2, 0) is 0 Å². The summed E-state index contributed by atoms with van der Waals surface area (Å²) in [6.45, 7) is 0. The molecule has 10 aromatic carbocycles. The third-order valence-corrected chi connectivity index (χ3v) is 12.0. The first-order valence-corrected chi connectivity index (χ1v) is 19.9. The van der Waals surface area contributed by atoms with Gasteiger partial charge in [0.2, 0.25) is 0 Å². The van der Waals surface area contributed by atoms with Crippen LogP contribution in [0.15, 0.2) is 206 Å². The zero-order chi connectivity index (χ0) is 38.2. The van der Waals surface area contributed by atoms with Gasteiger partial charge in [0.25, 0.3) is 0 Å². The fourth-order valence-corrected chi connectivity index (χ4v) is 9.32. The second kappa shape index (κ2) is 12.9. The standard InChI is InChI=1S/C56H34N2/c1-2-12-35(13-3-1)51-32-29-38-26-27-39-30-33-52(58-56(39)55(38)57-51)36-22-24-37(25-23-36)53-46-18-8-10-20-48(46)54(49-21-11-9-19-47(49)53)40-28-31-45-43-16-5-4-14-41(43)42-15-6-7-17-44(42)50(45)34-40/h1-34H. The van der Waals surface area contributed by atoms with E-state index < -0.39 is 0 Å². The molecule has 0 aliphatic carbocycles. The van der Waals surface area contributed by atoms with Gasteiger partial charge in [0.1, 0.15) is 0 Å². The predicted octanol–water partition coefficient (Wildman–Crippen LogP) is 15.2. The highest BCUT2D eigenvalue weighted by atomic mass is 14.8. The highest BCUT2D eigenvalue weighted by molar-refractivity contribution is 6.27. The van der Waals surface area contributed by atoms with E-state index in [1.165, 1.54) is 76.1 Å². The molecule has 58 heavy (non-hydrogen) atoms. The number of hydrogen-bond donors (Lipinski definition) is 0. The minimum absolute atomic E-state index is 0.916. The molecule has 0 spiro atoms. The third-order valence-electron chi connectivity index (χ3n) is 12.0. The van der Waals surface area contributed by atoms with Crippen LogP contribution in [-0.4, -0.2) is 9.97 Å². The second-order valence-electron chi connectivity index (χ2n) is 15.2. The molecule has 0 bridgehead atoms. The maximum Gasteiger partial charge on any atom is 0.0972 e. The first-order chi connectivity index (χ1) is 28.8. The van der Waals surface area contributed by atoms with Crippen molar-refractivity contribution < 1.29 is 0 Å². The van der Waals surface area contributed by atoms with Crippen LogP contribution in [0.1, 0.15) is 0 Å². The molecule has 268 valence electrons. The summed E-state index contributed by atoms with van der Waals surface area (Å²) < 4.78 is 0. The summed E-state index contributed by atoms with van der Waals surface area (Å²) in [4.78, 5) is 10.4. The normalized spacial score (nSPS) is 11.8. The van der Waals surface area contributed by atoms with Crippen molar-refractivity contribution in [3.8, 4) is 44.8 Å². The molecule has 0 N–H and O–H groups in total. The molecule has 2 heteroatoms. The van der Waals surface area contributed by atoms with Gasteiger partial charge < -0.3 is 0 Å². The Morgan fingerprint density at radius 1 is 0.224 bits per heavy atom. The Morgan fingerprint density at radius 3 is 1.07 bits per heavy atom. The summed E-state index contributed by atoms with van der Waals surface area (Å²) in [7, 11) is 0. The molecule has 0 unspecified atom stereocenters. The molecule has 12 aromatic rings. The van der Waals surface area contributed by atoms with Gasteiger partial charge in [0, 0.05) is 21.9 Å². The fraction of sp³-hybridized carbons (Fsp3) is 0. The molecule has 2 nitrogen and oxygen atoms in total. The lowest BCUT2D eigenvalue weighted by atomic mass is 9.84. The highest BCUT2D eigenvalue weighted by Crippen LogP contribution is 2.45. The summed E-state index contributed by atoms with van der Waals surface area (Å²) in [5.74, 6) is 0. The quantitative estimate of drug-likeness (QED) is 0.133. The van der Waals surface area contributed by atoms with Crippen LogP contribution in [0.4, 0.5) is 0 Å². The Bertz CT molecular complexity index is 3510. The summed E-state index contributed by atoms with van der Waals surface area (Å²) in [5.41, 5.74) is 10.8. The Kier molecular flexibility index (Phi) is 7.26. The zero-order valence-electron chi connectivity index (χ0n) is 31.5. The van der Waals surface area contributed by atoms with E-state index in [9.17, 15) is 0 Å². The highest BCUT2D eigenvalue weighted by Gasteiger charge is 2.18. The van der Waals surface area contributed by atoms with Gasteiger partial charge >= 0.3 is 0 Å². The summed E-state index contributed by atoms with van der Waals surface area (Å²) in [6.07, 6.45) is 0. The summed E-state index contributed by atoms with van der Waals surface area (Å²) in [6, 6.07) is 74.6. The molecule has 12 rings (SSSR count). The van der Waals surface area contributed by atoms with Crippen LogP contribution in [0.25, 0.3) is 120 Å². The lowest BCUT2D eigenvalue weighted by molar-refractivity contribution is 1.36. The number of nitrogens with zero attached hydrogens (tertiary/aromatic N) is 2. The average Bonchev–Trinajstić information content (AvgIpc) is 3.30. The predicted molar refractivity (Wildman–Crippen MR) is 246 cm³/mol. The average molecular weight is 735 g/mol. The van der Waals surface area contributed by atoms with Gasteiger partial charge in [-0.2, -0.15) is 0 Å². The van der Waals surface area contributed by atoms with Gasteiger partial charge in [0.05, 0.1) is 22.4 Å². The van der Waals surface area contributed by atoms with Gasteiger partial charge in [0.15, 0.2) is 0 Å². The van der Waals surface area contributed by atoms with Crippen LogP contribution in [0.5, 0.6) is 0 Å². The molecule has 0 radical (unpaired) electrons. The van der Waals surface area contributed by atoms with E-state index in [-0.39, 0.29) is 0 Å². The van der Waals surface area contributed by atoms with Crippen molar-refractivity contribution in [1.82, 2.24) is 9.97 Å². The number of fused-ring (bicyclic) bond motifs is 11. The van der Waals surface area contributed by atoms with Gasteiger partial charge in [-0.05, 0) is 94.3 Å². The molecule has 0 aliphatic rings. The van der Waals surface area contributed by atoms with Gasteiger partial charge in [-0.3, -0.25) is 0 Å².